The SMILES string of the molecule is Cc1nc(-c2cccc([N+](=O)[O-])c2)nc(Cl)c1Br. The van der Waals surface area contributed by atoms with Crippen molar-refractivity contribution in [3.63, 3.8) is 0 Å². The van der Waals surface area contributed by atoms with E-state index in [4.69, 9.17) is 11.6 Å². The summed E-state index contributed by atoms with van der Waals surface area (Å²) in [6.07, 6.45) is 0. The van der Waals surface area contributed by atoms with Crippen molar-refractivity contribution in [1.82, 2.24) is 9.97 Å². The van der Waals surface area contributed by atoms with Crippen LogP contribution in [-0.4, -0.2) is 14.9 Å². The van der Waals surface area contributed by atoms with Gasteiger partial charge in [-0.1, -0.05) is 23.7 Å². The zero-order valence-corrected chi connectivity index (χ0v) is 11.6. The quantitative estimate of drug-likeness (QED) is 0.478. The molecule has 0 radical (unpaired) electrons. The average Bonchev–Trinajstić information content (AvgIpc) is 2.35. The lowest BCUT2D eigenvalue weighted by Gasteiger charge is -2.04. The van der Waals surface area contributed by atoms with Gasteiger partial charge >= 0.3 is 0 Å². The van der Waals surface area contributed by atoms with Crippen LogP contribution in [0.15, 0.2) is 28.7 Å². The molecule has 0 unspecified atom stereocenters. The first-order valence-electron chi connectivity index (χ1n) is 4.93. The number of halogens is 2. The first-order valence-corrected chi connectivity index (χ1v) is 6.10. The van der Waals surface area contributed by atoms with Gasteiger partial charge in [-0.3, -0.25) is 10.1 Å². The Kier molecular flexibility index (Phi) is 3.58. The van der Waals surface area contributed by atoms with Crippen LogP contribution in [0.3, 0.4) is 0 Å². The van der Waals surface area contributed by atoms with E-state index in [0.29, 0.717) is 21.6 Å². The van der Waals surface area contributed by atoms with Crippen LogP contribution in [-0.2, 0) is 0 Å². The Balaban J connectivity index is 2.55. The summed E-state index contributed by atoms with van der Waals surface area (Å²) in [4.78, 5) is 18.6. The molecule has 0 fully saturated rings. The Morgan fingerprint density at radius 1 is 1.39 bits per heavy atom. The number of nitro benzene ring substituents is 1. The van der Waals surface area contributed by atoms with Gasteiger partial charge in [-0.15, -0.1) is 0 Å². The van der Waals surface area contributed by atoms with Crippen molar-refractivity contribution in [3.05, 3.63) is 49.7 Å². The normalized spacial score (nSPS) is 10.4. The summed E-state index contributed by atoms with van der Waals surface area (Å²) in [7, 11) is 0. The van der Waals surface area contributed by atoms with E-state index in [9.17, 15) is 10.1 Å². The second-order valence-corrected chi connectivity index (χ2v) is 4.70. The first kappa shape index (κ1) is 12.9. The summed E-state index contributed by atoms with van der Waals surface area (Å²) in [5, 5.41) is 11.0. The Bertz CT molecular complexity index is 610. The van der Waals surface area contributed by atoms with Gasteiger partial charge in [0, 0.05) is 17.7 Å². The molecule has 0 aliphatic carbocycles. The third-order valence-electron chi connectivity index (χ3n) is 2.29. The van der Waals surface area contributed by atoms with E-state index < -0.39 is 4.92 Å². The highest BCUT2D eigenvalue weighted by atomic mass is 79.9. The molecule has 0 bridgehead atoms. The van der Waals surface area contributed by atoms with Crippen LogP contribution < -0.4 is 0 Å². The molecule has 0 aliphatic rings. The van der Waals surface area contributed by atoms with E-state index in [2.05, 4.69) is 25.9 Å². The summed E-state index contributed by atoms with van der Waals surface area (Å²) in [5.41, 5.74) is 1.23. The highest BCUT2D eigenvalue weighted by molar-refractivity contribution is 9.10. The number of hydrogen-bond acceptors (Lipinski definition) is 4. The molecule has 1 aromatic heterocycles. The predicted octanol–water partition coefficient (Wildman–Crippen LogP) is 3.78. The summed E-state index contributed by atoms with van der Waals surface area (Å²) >= 11 is 9.20. The molecular formula is C11H7BrClN3O2. The topological polar surface area (TPSA) is 68.9 Å². The monoisotopic (exact) mass is 327 g/mol. The number of nitrogens with zero attached hydrogens (tertiary/aromatic N) is 3. The minimum absolute atomic E-state index is 0.00667. The van der Waals surface area contributed by atoms with Crippen molar-refractivity contribution < 1.29 is 4.92 Å². The molecule has 0 saturated heterocycles. The van der Waals surface area contributed by atoms with Crippen LogP contribution in [0.5, 0.6) is 0 Å². The highest BCUT2D eigenvalue weighted by Crippen LogP contribution is 2.27. The van der Waals surface area contributed by atoms with Crippen molar-refractivity contribution in [2.75, 3.05) is 0 Å². The van der Waals surface area contributed by atoms with Gasteiger partial charge in [0.2, 0.25) is 0 Å². The van der Waals surface area contributed by atoms with Crippen LogP contribution in [0.25, 0.3) is 11.4 Å². The van der Waals surface area contributed by atoms with Gasteiger partial charge in [0.15, 0.2) is 5.82 Å². The fraction of sp³-hybridized carbons (Fsp3) is 0.0909. The van der Waals surface area contributed by atoms with E-state index in [-0.39, 0.29) is 10.8 Å². The minimum atomic E-state index is -0.461. The lowest BCUT2D eigenvalue weighted by atomic mass is 10.2. The van der Waals surface area contributed by atoms with E-state index in [1.165, 1.54) is 12.1 Å². The predicted molar refractivity (Wildman–Crippen MR) is 71.6 cm³/mol. The van der Waals surface area contributed by atoms with E-state index in [1.54, 1.807) is 19.1 Å². The molecule has 0 N–H and O–H groups in total. The van der Waals surface area contributed by atoms with Gasteiger partial charge < -0.3 is 0 Å². The van der Waals surface area contributed by atoms with E-state index in [0.717, 1.165) is 0 Å². The van der Waals surface area contributed by atoms with E-state index >= 15 is 0 Å². The molecule has 0 aliphatic heterocycles. The summed E-state index contributed by atoms with van der Waals surface area (Å²) in [5.74, 6) is 0.365. The molecule has 0 amide bonds. The lowest BCUT2D eigenvalue weighted by molar-refractivity contribution is -0.384. The van der Waals surface area contributed by atoms with Gasteiger partial charge in [-0.05, 0) is 22.9 Å². The minimum Gasteiger partial charge on any atom is -0.258 e. The summed E-state index contributed by atoms with van der Waals surface area (Å²) in [6, 6.07) is 6.12. The molecule has 1 aromatic carbocycles. The summed E-state index contributed by atoms with van der Waals surface area (Å²) in [6.45, 7) is 1.78. The molecule has 0 saturated carbocycles. The van der Waals surface area contributed by atoms with Gasteiger partial charge in [0.25, 0.3) is 5.69 Å². The Morgan fingerprint density at radius 2 is 2.11 bits per heavy atom. The van der Waals surface area contributed by atoms with Crippen LogP contribution >= 0.6 is 27.5 Å². The third kappa shape index (κ3) is 2.49. The first-order chi connectivity index (χ1) is 8.49. The number of aromatic nitrogens is 2. The molecule has 18 heavy (non-hydrogen) atoms. The lowest BCUT2D eigenvalue weighted by Crippen LogP contribution is -1.95. The number of benzene rings is 1. The summed E-state index contributed by atoms with van der Waals surface area (Å²) < 4.78 is 0.623. The van der Waals surface area contributed by atoms with Gasteiger partial charge in [-0.2, -0.15) is 0 Å². The Morgan fingerprint density at radius 3 is 2.72 bits per heavy atom. The molecule has 0 atom stereocenters. The molecule has 1 heterocycles. The smallest absolute Gasteiger partial charge is 0.258 e. The van der Waals surface area contributed by atoms with Crippen LogP contribution in [0.4, 0.5) is 5.69 Å². The van der Waals surface area contributed by atoms with Crippen molar-refractivity contribution in [2.45, 2.75) is 6.92 Å². The second-order valence-electron chi connectivity index (χ2n) is 3.54. The van der Waals surface area contributed by atoms with Crippen molar-refractivity contribution in [2.24, 2.45) is 0 Å². The van der Waals surface area contributed by atoms with E-state index in [1.807, 2.05) is 0 Å². The van der Waals surface area contributed by atoms with Crippen LogP contribution in [0.2, 0.25) is 5.15 Å². The zero-order chi connectivity index (χ0) is 13.3. The Labute approximate surface area is 116 Å². The fourth-order valence-electron chi connectivity index (χ4n) is 1.41. The van der Waals surface area contributed by atoms with Gasteiger partial charge in [0.1, 0.15) is 5.15 Å². The molecular weight excluding hydrogens is 321 g/mol. The molecule has 2 rings (SSSR count). The largest absolute Gasteiger partial charge is 0.270 e. The Hall–Kier alpha value is -1.53. The maximum atomic E-state index is 10.7. The van der Waals surface area contributed by atoms with Crippen LogP contribution in [0.1, 0.15) is 5.69 Å². The second kappa shape index (κ2) is 4.99. The van der Waals surface area contributed by atoms with Crippen molar-refractivity contribution in [3.8, 4) is 11.4 Å². The fourth-order valence-corrected chi connectivity index (χ4v) is 1.81. The molecule has 92 valence electrons. The number of rotatable bonds is 2. The number of aryl methyl sites for hydroxylation is 1. The standard InChI is InChI=1S/C11H7BrClN3O2/c1-6-9(12)10(13)15-11(14-6)7-3-2-4-8(5-7)16(17)18/h2-5H,1H3. The molecule has 0 spiro atoms. The van der Waals surface area contributed by atoms with Crippen molar-refractivity contribution in [1.29, 1.82) is 0 Å². The number of non-ortho nitro benzene ring substituents is 1. The molecule has 2 aromatic rings. The average molecular weight is 329 g/mol. The number of hydrogen-bond donors (Lipinski definition) is 0. The van der Waals surface area contributed by atoms with Crippen molar-refractivity contribution >= 4 is 33.2 Å². The third-order valence-corrected chi connectivity index (χ3v) is 3.74. The zero-order valence-electron chi connectivity index (χ0n) is 9.22. The van der Waals surface area contributed by atoms with Crippen LogP contribution in [0, 0.1) is 17.0 Å². The highest BCUT2D eigenvalue weighted by Gasteiger charge is 2.12. The molecule has 7 heteroatoms. The van der Waals surface area contributed by atoms with Gasteiger partial charge in [0.05, 0.1) is 15.1 Å². The molecule has 5 nitrogen and oxygen atoms in total. The maximum Gasteiger partial charge on any atom is 0.270 e. The van der Waals surface area contributed by atoms with Gasteiger partial charge in [-0.25, -0.2) is 9.97 Å². The number of nitro groups is 1. The maximum absolute atomic E-state index is 10.7.